The van der Waals surface area contributed by atoms with Crippen LogP contribution in [0.4, 0.5) is 14.9 Å². The molecule has 1 aliphatic heterocycles. The first-order valence-electron chi connectivity index (χ1n) is 9.91. The first-order chi connectivity index (χ1) is 16.7. The lowest BCUT2D eigenvalue weighted by Crippen LogP contribution is -2.27. The van der Waals surface area contributed by atoms with Gasteiger partial charge in [-0.1, -0.05) is 23.7 Å². The Morgan fingerprint density at radius 2 is 1.97 bits per heavy atom. The standard InChI is InChI=1S/C23H15ClFN3O6S/c1-33-19-8-13(2-6-18(19)34-21-7-5-16(11-26-21)28(31)32)9-20-22(29)27(23(30)35-20)12-14-3-4-15(25)10-17(14)24/h2-11H,12H2,1H3/b20-9-. The van der Waals surface area contributed by atoms with Crippen LogP contribution in [0, 0.1) is 15.9 Å². The van der Waals surface area contributed by atoms with Gasteiger partial charge in [0.1, 0.15) is 12.0 Å². The molecule has 0 unspecified atom stereocenters. The molecule has 0 bridgehead atoms. The molecule has 0 atom stereocenters. The largest absolute Gasteiger partial charge is 0.493 e. The van der Waals surface area contributed by atoms with Crippen LogP contribution < -0.4 is 9.47 Å². The number of methoxy groups -OCH3 is 1. The molecule has 1 aromatic heterocycles. The normalized spacial score (nSPS) is 14.5. The fourth-order valence-electron chi connectivity index (χ4n) is 3.12. The van der Waals surface area contributed by atoms with Crippen molar-refractivity contribution in [2.45, 2.75) is 6.54 Å². The molecule has 2 aromatic carbocycles. The third kappa shape index (κ3) is 5.42. The second-order valence-corrected chi connectivity index (χ2v) is 8.53. The van der Waals surface area contributed by atoms with Gasteiger partial charge in [0.2, 0.25) is 5.88 Å². The van der Waals surface area contributed by atoms with E-state index in [1.165, 1.54) is 37.5 Å². The summed E-state index contributed by atoms with van der Waals surface area (Å²) in [6, 6.07) is 11.2. The van der Waals surface area contributed by atoms with Crippen LogP contribution in [0.5, 0.6) is 17.4 Å². The number of nitrogens with zero attached hydrogens (tertiary/aromatic N) is 3. The number of ether oxygens (including phenoxy) is 2. The molecule has 2 heterocycles. The number of nitro groups is 1. The van der Waals surface area contributed by atoms with E-state index in [-0.39, 0.29) is 28.0 Å². The Kier molecular flexibility index (Phi) is 6.99. The van der Waals surface area contributed by atoms with Crippen molar-refractivity contribution in [2.75, 3.05) is 7.11 Å². The maximum atomic E-state index is 13.3. The molecule has 2 amide bonds. The van der Waals surface area contributed by atoms with Gasteiger partial charge in [0.15, 0.2) is 11.5 Å². The highest BCUT2D eigenvalue weighted by Crippen LogP contribution is 2.37. The quantitative estimate of drug-likeness (QED) is 0.220. The van der Waals surface area contributed by atoms with Crippen molar-refractivity contribution in [3.63, 3.8) is 0 Å². The number of halogens is 2. The van der Waals surface area contributed by atoms with Gasteiger partial charge < -0.3 is 9.47 Å². The molecule has 178 valence electrons. The third-order valence-corrected chi connectivity index (χ3v) is 6.11. The molecule has 12 heteroatoms. The minimum absolute atomic E-state index is 0.0839. The van der Waals surface area contributed by atoms with Crippen LogP contribution in [-0.4, -0.2) is 33.1 Å². The lowest BCUT2D eigenvalue weighted by atomic mass is 10.1. The van der Waals surface area contributed by atoms with Gasteiger partial charge in [-0.25, -0.2) is 9.37 Å². The number of aromatic nitrogens is 1. The van der Waals surface area contributed by atoms with Crippen molar-refractivity contribution < 1.29 is 28.4 Å². The summed E-state index contributed by atoms with van der Waals surface area (Å²) < 4.78 is 24.3. The van der Waals surface area contributed by atoms with Crippen LogP contribution >= 0.6 is 23.4 Å². The van der Waals surface area contributed by atoms with E-state index < -0.39 is 21.9 Å². The van der Waals surface area contributed by atoms with Crippen molar-refractivity contribution in [2.24, 2.45) is 0 Å². The van der Waals surface area contributed by atoms with Gasteiger partial charge in [0, 0.05) is 17.2 Å². The monoisotopic (exact) mass is 515 g/mol. The molecule has 0 saturated carbocycles. The Hall–Kier alpha value is -3.96. The number of hydrogen-bond donors (Lipinski definition) is 0. The number of carbonyl (C=O) groups excluding carboxylic acids is 2. The summed E-state index contributed by atoms with van der Waals surface area (Å²) in [7, 11) is 1.43. The average molecular weight is 516 g/mol. The summed E-state index contributed by atoms with van der Waals surface area (Å²) in [5, 5.41) is 10.4. The summed E-state index contributed by atoms with van der Waals surface area (Å²) in [5.41, 5.74) is 0.839. The molecule has 1 fully saturated rings. The van der Waals surface area contributed by atoms with Gasteiger partial charge >= 0.3 is 0 Å². The minimum Gasteiger partial charge on any atom is -0.493 e. The Morgan fingerprint density at radius 1 is 1.17 bits per heavy atom. The fraction of sp³-hybridized carbons (Fsp3) is 0.0870. The van der Waals surface area contributed by atoms with E-state index in [1.54, 1.807) is 18.2 Å². The van der Waals surface area contributed by atoms with Crippen molar-refractivity contribution in [1.29, 1.82) is 0 Å². The van der Waals surface area contributed by atoms with Crippen molar-refractivity contribution in [1.82, 2.24) is 9.88 Å². The second-order valence-electron chi connectivity index (χ2n) is 7.13. The van der Waals surface area contributed by atoms with E-state index in [2.05, 4.69) is 4.98 Å². The first kappa shape index (κ1) is 24.2. The number of pyridine rings is 1. The molecule has 0 N–H and O–H groups in total. The lowest BCUT2D eigenvalue weighted by Gasteiger charge is -2.13. The van der Waals surface area contributed by atoms with E-state index in [9.17, 15) is 24.1 Å². The van der Waals surface area contributed by atoms with Gasteiger partial charge in [-0.2, -0.15) is 0 Å². The topological polar surface area (TPSA) is 112 Å². The summed E-state index contributed by atoms with van der Waals surface area (Å²) in [6.07, 6.45) is 2.61. The number of hydrogen-bond acceptors (Lipinski definition) is 8. The highest BCUT2D eigenvalue weighted by molar-refractivity contribution is 8.18. The molecule has 0 spiro atoms. The maximum Gasteiger partial charge on any atom is 0.293 e. The molecule has 1 saturated heterocycles. The first-order valence-corrected chi connectivity index (χ1v) is 11.1. The van der Waals surface area contributed by atoms with Crippen LogP contribution in [0.25, 0.3) is 6.08 Å². The Morgan fingerprint density at radius 3 is 2.63 bits per heavy atom. The molecule has 4 rings (SSSR count). The average Bonchev–Trinajstić information content (AvgIpc) is 3.09. The molecule has 3 aromatic rings. The van der Waals surface area contributed by atoms with Crippen molar-refractivity contribution in [3.05, 3.63) is 91.7 Å². The predicted molar refractivity (Wildman–Crippen MR) is 127 cm³/mol. The van der Waals surface area contributed by atoms with E-state index in [4.69, 9.17) is 21.1 Å². The van der Waals surface area contributed by atoms with Crippen LogP contribution in [0.1, 0.15) is 11.1 Å². The maximum absolute atomic E-state index is 13.3. The predicted octanol–water partition coefficient (Wildman–Crippen LogP) is 5.82. The zero-order chi connectivity index (χ0) is 25.1. The van der Waals surface area contributed by atoms with Crippen molar-refractivity contribution in [3.8, 4) is 17.4 Å². The minimum atomic E-state index is -0.567. The summed E-state index contributed by atoms with van der Waals surface area (Å²) in [4.78, 5) is 40.6. The summed E-state index contributed by atoms with van der Waals surface area (Å²) in [5.74, 6) is -0.281. The molecule has 0 aliphatic carbocycles. The van der Waals surface area contributed by atoms with E-state index in [0.717, 1.165) is 28.9 Å². The van der Waals surface area contributed by atoms with Gasteiger partial charge in [-0.15, -0.1) is 0 Å². The van der Waals surface area contributed by atoms with Crippen LogP contribution in [0.3, 0.4) is 0 Å². The molecule has 0 radical (unpaired) electrons. The lowest BCUT2D eigenvalue weighted by molar-refractivity contribution is -0.385. The highest BCUT2D eigenvalue weighted by atomic mass is 35.5. The summed E-state index contributed by atoms with van der Waals surface area (Å²) >= 11 is 6.80. The highest BCUT2D eigenvalue weighted by Gasteiger charge is 2.35. The SMILES string of the molecule is COc1cc(/C=C2\SC(=O)N(Cc3ccc(F)cc3Cl)C2=O)ccc1Oc1ccc([N+](=O)[O-])cn1. The Labute approximate surface area is 207 Å². The van der Waals surface area contributed by atoms with Crippen LogP contribution in [-0.2, 0) is 11.3 Å². The smallest absolute Gasteiger partial charge is 0.293 e. The zero-order valence-corrected chi connectivity index (χ0v) is 19.5. The molecule has 35 heavy (non-hydrogen) atoms. The van der Waals surface area contributed by atoms with Gasteiger partial charge in [0.05, 0.1) is 23.5 Å². The van der Waals surface area contributed by atoms with Crippen LogP contribution in [0.2, 0.25) is 5.02 Å². The number of carbonyl (C=O) groups is 2. The Bertz CT molecular complexity index is 1370. The molecule has 1 aliphatic rings. The summed E-state index contributed by atoms with van der Waals surface area (Å²) in [6.45, 7) is -0.0839. The fourth-order valence-corrected chi connectivity index (χ4v) is 4.19. The number of benzene rings is 2. The second kappa shape index (κ2) is 10.1. The van der Waals surface area contributed by atoms with E-state index in [0.29, 0.717) is 22.6 Å². The number of amides is 2. The third-order valence-electron chi connectivity index (χ3n) is 4.85. The van der Waals surface area contributed by atoms with Gasteiger partial charge in [-0.05, 0) is 53.2 Å². The van der Waals surface area contributed by atoms with Gasteiger partial charge in [-0.3, -0.25) is 24.6 Å². The Balaban J connectivity index is 1.52. The zero-order valence-electron chi connectivity index (χ0n) is 17.9. The number of imide groups is 1. The van der Waals surface area contributed by atoms with E-state index >= 15 is 0 Å². The number of thioether (sulfide) groups is 1. The van der Waals surface area contributed by atoms with Crippen molar-refractivity contribution >= 4 is 46.3 Å². The van der Waals surface area contributed by atoms with Gasteiger partial charge in [0.25, 0.3) is 16.8 Å². The molecule has 9 nitrogen and oxygen atoms in total. The molecular formula is C23H15ClFN3O6S. The van der Waals surface area contributed by atoms with Crippen LogP contribution in [0.15, 0.2) is 59.6 Å². The number of rotatable bonds is 7. The molecular weight excluding hydrogens is 501 g/mol. The van der Waals surface area contributed by atoms with E-state index in [1.807, 2.05) is 0 Å².